The molecule has 0 aliphatic carbocycles. The molecule has 5 bridgehead atoms. The zero-order chi connectivity index (χ0) is 48.5. The van der Waals surface area contributed by atoms with Gasteiger partial charge in [-0.25, -0.2) is 4.79 Å². The van der Waals surface area contributed by atoms with E-state index < -0.39 is 100 Å². The summed E-state index contributed by atoms with van der Waals surface area (Å²) in [6, 6.07) is -0.181. The third-order valence-electron chi connectivity index (χ3n) is 12.8. The lowest BCUT2D eigenvalue weighted by Gasteiger charge is -2.38. The first-order valence-electron chi connectivity index (χ1n) is 22.1. The van der Waals surface area contributed by atoms with Crippen molar-refractivity contribution in [1.29, 1.82) is 0 Å². The monoisotopic (exact) mass is 909 g/mol. The van der Waals surface area contributed by atoms with E-state index in [-0.39, 0.29) is 57.1 Å². The fourth-order valence-electron chi connectivity index (χ4n) is 8.80. The molecule has 0 radical (unpaired) electrons. The van der Waals surface area contributed by atoms with E-state index in [4.69, 9.17) is 23.7 Å². The number of esters is 1. The lowest BCUT2D eigenvalue weighted by atomic mass is 9.78. The molecule has 2 aromatic rings. The summed E-state index contributed by atoms with van der Waals surface area (Å²) in [5.41, 5.74) is -0.855. The van der Waals surface area contributed by atoms with E-state index in [1.807, 2.05) is 0 Å². The van der Waals surface area contributed by atoms with Crippen molar-refractivity contribution in [2.24, 2.45) is 23.7 Å². The van der Waals surface area contributed by atoms with Crippen molar-refractivity contribution < 1.29 is 68.4 Å². The number of aromatic hydroxyl groups is 3. The van der Waals surface area contributed by atoms with Crippen molar-refractivity contribution in [2.75, 3.05) is 25.5 Å². The number of likely N-dealkylation sites (tertiary alicyclic amines) is 1. The number of fused-ring (bicyclic) bond motifs is 14. The number of hydrogen-bond donors (Lipinski definition) is 7. The number of piperidine rings is 1. The van der Waals surface area contributed by atoms with Crippen LogP contribution in [0.3, 0.4) is 0 Å². The first-order valence-corrected chi connectivity index (χ1v) is 22.1. The van der Waals surface area contributed by atoms with Gasteiger partial charge in [0.15, 0.2) is 5.75 Å². The number of Topliss-reactive ketones (excluding diaryl/α,β-unsaturated/α-hetero) is 1. The topological polar surface area (TPSA) is 243 Å². The summed E-state index contributed by atoms with van der Waals surface area (Å²) in [6.07, 6.45) is 4.09. The number of carbonyl (C=O) groups excluding carboxylic acids is 4. The molecule has 0 unspecified atom stereocenters. The predicted molar refractivity (Wildman–Crippen MR) is 241 cm³/mol. The van der Waals surface area contributed by atoms with Gasteiger partial charge in [-0.3, -0.25) is 14.4 Å². The molecule has 4 heterocycles. The van der Waals surface area contributed by atoms with Crippen molar-refractivity contribution in [3.63, 3.8) is 0 Å². The molecule has 9 atom stereocenters. The number of amides is 2. The lowest BCUT2D eigenvalue weighted by molar-refractivity contribution is -0.160. The van der Waals surface area contributed by atoms with Crippen LogP contribution in [0.5, 0.6) is 23.0 Å². The average Bonchev–Trinajstić information content (AvgIpc) is 3.51. The van der Waals surface area contributed by atoms with Gasteiger partial charge in [0.05, 0.1) is 41.2 Å². The molecule has 1 fully saturated rings. The maximum absolute atomic E-state index is 14.6. The summed E-state index contributed by atoms with van der Waals surface area (Å²) in [4.78, 5) is 55.2. The normalized spacial score (nSPS) is 30.2. The van der Waals surface area contributed by atoms with E-state index in [0.29, 0.717) is 25.9 Å². The van der Waals surface area contributed by atoms with Crippen LogP contribution in [0.25, 0.3) is 10.8 Å². The number of methoxy groups -OCH3 is 1. The molecule has 6 rings (SSSR count). The van der Waals surface area contributed by atoms with Crippen LogP contribution in [0.1, 0.15) is 104 Å². The van der Waals surface area contributed by atoms with Crippen LogP contribution < -0.4 is 15.4 Å². The maximum atomic E-state index is 14.6. The second kappa shape index (κ2) is 20.0. The maximum Gasteiger partial charge on any atom is 0.410 e. The highest BCUT2D eigenvalue weighted by atomic mass is 16.7. The van der Waals surface area contributed by atoms with E-state index >= 15 is 0 Å². The SMILES string of the molecule is CO[C@H]1/C=C/O[C@@]2(C)Oc3c(C)c(O)c4c(O)c(c(CNC5CCN(C(=O)OC(C)(C)C)CC5)c(O)c4c3C2=O)NC(=O)/C(C)=C\C=C\[C@H](C)[C@H](O)[C@@H](C)[C@@H](O)[C@@H](C)[C@H](OC(C)=O)[C@@H]1C. The van der Waals surface area contributed by atoms with Crippen LogP contribution in [0.4, 0.5) is 10.5 Å². The number of aliphatic hydroxyl groups excluding tert-OH is 2. The van der Waals surface area contributed by atoms with Gasteiger partial charge < -0.3 is 64.8 Å². The van der Waals surface area contributed by atoms with Gasteiger partial charge in [-0.2, -0.15) is 0 Å². The van der Waals surface area contributed by atoms with Crippen molar-refractivity contribution in [1.82, 2.24) is 10.2 Å². The molecular weight excluding hydrogens is 843 g/mol. The molecular formula is C48H67N3O14. The quantitative estimate of drug-likeness (QED) is 0.0997. The molecule has 358 valence electrons. The third-order valence-corrected chi connectivity index (χ3v) is 12.8. The molecule has 2 aromatic carbocycles. The number of ether oxygens (including phenoxy) is 5. The van der Waals surface area contributed by atoms with Gasteiger partial charge in [0, 0.05) is 92.4 Å². The minimum absolute atomic E-state index is 0.00108. The van der Waals surface area contributed by atoms with E-state index in [1.165, 1.54) is 53.2 Å². The van der Waals surface area contributed by atoms with Crippen molar-refractivity contribution >= 4 is 40.2 Å². The second-order valence-corrected chi connectivity index (χ2v) is 18.8. The number of allylic oxidation sites excluding steroid dienone is 2. The number of phenolic OH excluding ortho intramolecular Hbond substituents is 3. The molecule has 0 spiro atoms. The summed E-state index contributed by atoms with van der Waals surface area (Å²) in [6.45, 7) is 18.5. The molecule has 1 saturated heterocycles. The highest BCUT2D eigenvalue weighted by Gasteiger charge is 2.50. The highest BCUT2D eigenvalue weighted by Crippen LogP contribution is 2.55. The largest absolute Gasteiger partial charge is 0.507 e. The van der Waals surface area contributed by atoms with E-state index in [9.17, 15) is 44.7 Å². The number of carbonyl (C=O) groups is 4. The van der Waals surface area contributed by atoms with Gasteiger partial charge in [-0.15, -0.1) is 0 Å². The van der Waals surface area contributed by atoms with Crippen LogP contribution in [0.2, 0.25) is 0 Å². The number of phenols is 3. The standard InChI is InChI=1S/C48H67N3O14/c1-23-14-13-15-24(2)45(59)50-36-31(22-49-30-16-19-51(20-17-30)46(60)65-47(8,9)10)40(56)33-34(41(36)57)39(55)28(6)43-35(33)44(58)48(11,64-43)62-21-18-32(61-12)25(3)42(63-29(7)52)27(5)38(54)26(4)37(23)53/h13-15,18,21,23,25-27,30,32,37-38,42,49,53-57H,16-17,19-20,22H2,1-12H3,(H,50,59)/b14-13+,21-18+,24-15-/t23-,25+,26+,27+,32-,37-,38+,42+,48-/m0/s1. The van der Waals surface area contributed by atoms with Crippen molar-refractivity contribution in [3.8, 4) is 23.0 Å². The van der Waals surface area contributed by atoms with Gasteiger partial charge in [0.25, 0.3) is 11.7 Å². The molecule has 2 amide bonds. The van der Waals surface area contributed by atoms with Gasteiger partial charge in [0.1, 0.15) is 29.0 Å². The molecule has 7 N–H and O–H groups in total. The molecule has 0 aromatic heterocycles. The Labute approximate surface area is 380 Å². The van der Waals surface area contributed by atoms with Crippen LogP contribution in [-0.2, 0) is 35.1 Å². The highest BCUT2D eigenvalue weighted by molar-refractivity contribution is 6.22. The van der Waals surface area contributed by atoms with Gasteiger partial charge in [-0.05, 0) is 53.5 Å². The number of nitrogens with one attached hydrogen (secondary N) is 2. The Morgan fingerprint density at radius 2 is 1.58 bits per heavy atom. The van der Waals surface area contributed by atoms with Gasteiger partial charge in [0.2, 0.25) is 0 Å². The Hall–Kier alpha value is -5.36. The molecule has 0 saturated carbocycles. The minimum Gasteiger partial charge on any atom is -0.507 e. The summed E-state index contributed by atoms with van der Waals surface area (Å²) >= 11 is 0. The fourth-order valence-corrected chi connectivity index (χ4v) is 8.80. The lowest BCUT2D eigenvalue weighted by Crippen LogP contribution is -2.46. The summed E-state index contributed by atoms with van der Waals surface area (Å²) in [5, 5.41) is 64.5. The third kappa shape index (κ3) is 10.7. The van der Waals surface area contributed by atoms with E-state index in [0.717, 1.165) is 0 Å². The number of nitrogens with zero attached hydrogens (tertiary/aromatic N) is 1. The summed E-state index contributed by atoms with van der Waals surface area (Å²) in [5.74, 6) is -8.41. The molecule has 4 aliphatic rings. The summed E-state index contributed by atoms with van der Waals surface area (Å²) < 4.78 is 29.2. The first-order chi connectivity index (χ1) is 30.3. The Kier molecular flexibility index (Phi) is 15.6. The van der Waals surface area contributed by atoms with Gasteiger partial charge in [-0.1, -0.05) is 45.9 Å². The van der Waals surface area contributed by atoms with E-state index in [2.05, 4.69) is 10.6 Å². The smallest absolute Gasteiger partial charge is 0.410 e. The van der Waals surface area contributed by atoms with Crippen molar-refractivity contribution in [3.05, 3.63) is 52.8 Å². The molecule has 17 nitrogen and oxygen atoms in total. The van der Waals surface area contributed by atoms with E-state index in [1.54, 1.807) is 65.5 Å². The number of ketones is 1. The molecule has 4 aliphatic heterocycles. The number of hydrogen-bond acceptors (Lipinski definition) is 15. The summed E-state index contributed by atoms with van der Waals surface area (Å²) in [7, 11) is 1.43. The first kappa shape index (κ1) is 50.6. The Balaban J connectivity index is 1.63. The second-order valence-electron chi connectivity index (χ2n) is 18.8. The Morgan fingerprint density at radius 1 is 0.938 bits per heavy atom. The van der Waals surface area contributed by atoms with Crippen LogP contribution in [-0.4, -0.2) is 116 Å². The predicted octanol–water partition coefficient (Wildman–Crippen LogP) is 6.24. The van der Waals surface area contributed by atoms with Gasteiger partial charge >= 0.3 is 17.8 Å². The average molecular weight is 910 g/mol. The van der Waals surface area contributed by atoms with Crippen LogP contribution >= 0.6 is 0 Å². The minimum atomic E-state index is -2.06. The van der Waals surface area contributed by atoms with Crippen molar-refractivity contribution in [2.45, 2.75) is 137 Å². The Morgan fingerprint density at radius 3 is 2.18 bits per heavy atom. The fraction of sp³-hybridized carbons (Fsp3) is 0.583. The zero-order valence-electron chi connectivity index (χ0n) is 39.5. The number of anilines is 1. The molecule has 65 heavy (non-hydrogen) atoms. The number of benzene rings is 2. The molecule has 17 heteroatoms. The zero-order valence-corrected chi connectivity index (χ0v) is 39.5. The number of aliphatic hydroxyl groups is 2. The van der Waals surface area contributed by atoms with Crippen LogP contribution in [0.15, 0.2) is 36.1 Å². The number of rotatable bonds is 5. The van der Waals surface area contributed by atoms with Crippen LogP contribution in [0, 0.1) is 30.6 Å². The Bertz CT molecular complexity index is 2240.